The van der Waals surface area contributed by atoms with Crippen LogP contribution < -0.4 is 5.32 Å². The summed E-state index contributed by atoms with van der Waals surface area (Å²) in [5.74, 6) is -1.07. The molecule has 0 aromatic carbocycles. The summed E-state index contributed by atoms with van der Waals surface area (Å²) in [6.45, 7) is 15.0. The molecule has 1 aliphatic rings. The molecule has 1 saturated heterocycles. The smallest absolute Gasteiger partial charge is 0.309 e. The molecule has 0 aliphatic carbocycles. The summed E-state index contributed by atoms with van der Waals surface area (Å²) in [6, 6.07) is -0.497. The number of hydrogen-bond donors (Lipinski definition) is 3. The molecule has 1 aliphatic heterocycles. The molecule has 0 spiro atoms. The summed E-state index contributed by atoms with van der Waals surface area (Å²) in [7, 11) is 0. The van der Waals surface area contributed by atoms with Gasteiger partial charge in [0.25, 0.3) is 0 Å². The van der Waals surface area contributed by atoms with Gasteiger partial charge in [0.1, 0.15) is 17.8 Å². The van der Waals surface area contributed by atoms with Crippen LogP contribution in [0, 0.1) is 17.8 Å². The Hall–Kier alpha value is -1.33. The Morgan fingerprint density at radius 3 is 2.41 bits per heavy atom. The molecule has 1 fully saturated rings. The van der Waals surface area contributed by atoms with E-state index in [4.69, 9.17) is 9.47 Å². The quantitative estimate of drug-likeness (QED) is 0.303. The Kier molecular flexibility index (Phi) is 15.1. The fraction of sp³-hybridized carbons (Fsp3) is 0.926. The number of ether oxygens (including phenoxy) is 2. The molecule has 1 rings (SSSR count). The minimum atomic E-state index is -1.68. The third kappa shape index (κ3) is 11.1. The Morgan fingerprint density at radius 2 is 1.81 bits per heavy atom. The Bertz CT molecular complexity index is 681. The van der Waals surface area contributed by atoms with Crippen molar-refractivity contribution in [3.63, 3.8) is 0 Å². The van der Waals surface area contributed by atoms with Gasteiger partial charge in [-0.25, -0.2) is 0 Å². The fourth-order valence-electron chi connectivity index (χ4n) is 5.32. The van der Waals surface area contributed by atoms with Crippen LogP contribution in [0.3, 0.4) is 0 Å². The first-order chi connectivity index (χ1) is 17.4. The van der Waals surface area contributed by atoms with E-state index in [9.17, 15) is 24.3 Å². The molecule has 218 valence electrons. The minimum Gasteiger partial charge on any atom is -0.466 e. The van der Waals surface area contributed by atoms with Gasteiger partial charge in [0, 0.05) is 32.2 Å². The van der Waals surface area contributed by atoms with Crippen LogP contribution in [0.1, 0.15) is 80.6 Å². The van der Waals surface area contributed by atoms with E-state index in [1.165, 1.54) is 6.92 Å². The number of carbonyl (C=O) groups is 2. The zero-order valence-electron chi connectivity index (χ0n) is 23.9. The molecule has 4 unspecified atom stereocenters. The van der Waals surface area contributed by atoms with Crippen LogP contribution in [0.25, 0.3) is 0 Å². The van der Waals surface area contributed by atoms with Crippen molar-refractivity contribution < 1.29 is 38.7 Å². The van der Waals surface area contributed by atoms with Crippen molar-refractivity contribution in [2.75, 3.05) is 32.8 Å². The number of carbonyl (C=O) groups excluding carboxylic acids is 2. The van der Waals surface area contributed by atoms with Crippen LogP contribution in [0.15, 0.2) is 0 Å². The highest BCUT2D eigenvalue weighted by atomic mass is 19.3. The summed E-state index contributed by atoms with van der Waals surface area (Å²) in [5, 5.41) is 25.9. The molecule has 0 aromatic heterocycles. The molecule has 0 saturated carbocycles. The average molecular weight is 535 g/mol. The lowest BCUT2D eigenvalue weighted by Crippen LogP contribution is -2.60. The second-order valence-corrected chi connectivity index (χ2v) is 11.1. The number of cyclic esters (lactones) is 1. The van der Waals surface area contributed by atoms with E-state index < -0.39 is 41.8 Å². The van der Waals surface area contributed by atoms with Gasteiger partial charge in [-0.1, -0.05) is 27.7 Å². The summed E-state index contributed by atoms with van der Waals surface area (Å²) in [4.78, 5) is 30.8. The molecule has 0 aromatic rings. The Morgan fingerprint density at radius 1 is 1.16 bits per heavy atom. The number of halogens is 1. The first-order valence-electron chi connectivity index (χ1n) is 13.9. The number of nitrogens with one attached hydrogen (secondary N) is 1. The van der Waals surface area contributed by atoms with Crippen LogP contribution in [0.5, 0.6) is 0 Å². The predicted octanol–water partition coefficient (Wildman–Crippen LogP) is 3.02. The van der Waals surface area contributed by atoms with Gasteiger partial charge in [-0.2, -0.15) is 4.94 Å². The zero-order valence-corrected chi connectivity index (χ0v) is 23.9. The molecular weight excluding hydrogens is 483 g/mol. The summed E-state index contributed by atoms with van der Waals surface area (Å²) in [6.07, 6.45) is -0.650. The van der Waals surface area contributed by atoms with E-state index in [0.717, 1.165) is 0 Å². The van der Waals surface area contributed by atoms with E-state index in [1.807, 2.05) is 32.6 Å². The monoisotopic (exact) mass is 534 g/mol. The van der Waals surface area contributed by atoms with Gasteiger partial charge in [0.05, 0.1) is 25.0 Å². The van der Waals surface area contributed by atoms with Crippen LogP contribution in [0.2, 0.25) is 0 Å². The first-order valence-corrected chi connectivity index (χ1v) is 13.9. The number of aliphatic hydroxyl groups is 2. The van der Waals surface area contributed by atoms with Crippen molar-refractivity contribution in [1.82, 2.24) is 10.2 Å². The maximum absolute atomic E-state index is 13.5. The number of rotatable bonds is 9. The van der Waals surface area contributed by atoms with Gasteiger partial charge in [-0.05, 0) is 62.8 Å². The Balaban J connectivity index is 3.11. The van der Waals surface area contributed by atoms with Gasteiger partial charge >= 0.3 is 11.9 Å². The largest absolute Gasteiger partial charge is 0.466 e. The van der Waals surface area contributed by atoms with Crippen molar-refractivity contribution in [3.05, 3.63) is 0 Å². The highest BCUT2D eigenvalue weighted by Gasteiger charge is 2.45. The lowest BCUT2D eigenvalue weighted by Gasteiger charge is -2.43. The molecule has 0 radical (unpaired) electrons. The Labute approximate surface area is 222 Å². The van der Waals surface area contributed by atoms with Crippen molar-refractivity contribution >= 4 is 11.9 Å². The highest BCUT2D eigenvalue weighted by Crippen LogP contribution is 2.29. The van der Waals surface area contributed by atoms with E-state index in [-0.39, 0.29) is 24.2 Å². The maximum Gasteiger partial charge on any atom is 0.309 e. The third-order valence-electron chi connectivity index (χ3n) is 7.46. The molecule has 1 heterocycles. The van der Waals surface area contributed by atoms with Gasteiger partial charge < -0.3 is 25.0 Å². The first kappa shape index (κ1) is 33.7. The predicted molar refractivity (Wildman–Crippen MR) is 139 cm³/mol. The van der Waals surface area contributed by atoms with E-state index in [1.54, 1.807) is 13.8 Å². The number of aliphatic hydroxyl groups excluding tert-OH is 1. The summed E-state index contributed by atoms with van der Waals surface area (Å²) in [5.41, 5.74) is -1.68. The normalized spacial score (nSPS) is 35.3. The fourth-order valence-corrected chi connectivity index (χ4v) is 5.32. The van der Waals surface area contributed by atoms with Crippen molar-refractivity contribution in [2.24, 2.45) is 17.8 Å². The van der Waals surface area contributed by atoms with Crippen molar-refractivity contribution in [2.45, 2.75) is 111 Å². The summed E-state index contributed by atoms with van der Waals surface area (Å²) < 4.78 is 24.1. The number of esters is 2. The number of nitrogens with zero attached hydrogens (tertiary/aromatic N) is 1. The van der Waals surface area contributed by atoms with E-state index >= 15 is 0 Å². The topological polar surface area (TPSA) is 118 Å². The van der Waals surface area contributed by atoms with Crippen molar-refractivity contribution in [3.8, 4) is 0 Å². The van der Waals surface area contributed by atoms with Gasteiger partial charge in [-0.15, -0.1) is 0 Å². The molecule has 37 heavy (non-hydrogen) atoms. The molecule has 9 nitrogen and oxygen atoms in total. The molecular formula is C27H51FN2O7. The van der Waals surface area contributed by atoms with Gasteiger partial charge in [-0.3, -0.25) is 14.5 Å². The third-order valence-corrected chi connectivity index (χ3v) is 7.46. The standard InChI is InChI=1S/C27H51FN2O7/c1-8-23-27(7,34)25(32)21(6)30(13-12-29-11-10-24(31)35-9-2)17-19(4)16-22(37-28)15-18(3)14-20(5)26(33)36-23/h18-23,25,29,32,34H,8-17H2,1-7H3/t18-,19+,20?,21?,22+,23?,25?,27+/m0/s1. The highest BCUT2D eigenvalue weighted by molar-refractivity contribution is 5.72. The lowest BCUT2D eigenvalue weighted by molar-refractivity contribution is -0.190. The van der Waals surface area contributed by atoms with Crippen LogP contribution in [-0.2, 0) is 24.0 Å². The van der Waals surface area contributed by atoms with E-state index in [0.29, 0.717) is 58.5 Å². The summed E-state index contributed by atoms with van der Waals surface area (Å²) >= 11 is 0. The second kappa shape index (κ2) is 16.6. The van der Waals surface area contributed by atoms with Gasteiger partial charge in [0.2, 0.25) is 0 Å². The number of hydrogen-bond acceptors (Lipinski definition) is 9. The van der Waals surface area contributed by atoms with Crippen molar-refractivity contribution in [1.29, 1.82) is 0 Å². The molecule has 10 heteroatoms. The van der Waals surface area contributed by atoms with Crippen LogP contribution in [-0.4, -0.2) is 89.8 Å². The second-order valence-electron chi connectivity index (χ2n) is 11.1. The van der Waals surface area contributed by atoms with Crippen LogP contribution >= 0.6 is 0 Å². The zero-order chi connectivity index (χ0) is 28.2. The minimum absolute atomic E-state index is 0.0328. The molecule has 0 amide bonds. The molecule has 8 atom stereocenters. The maximum atomic E-state index is 13.5. The van der Waals surface area contributed by atoms with Gasteiger partial charge in [0.15, 0.2) is 0 Å². The molecule has 0 bridgehead atoms. The average Bonchev–Trinajstić information content (AvgIpc) is 2.84. The SMILES string of the molecule is CCOC(=O)CCNCCN1C[C@H](C)C[C@H](OF)C[C@@H](C)CC(C)C(=O)OC(CC)[C@@](C)(O)C(O)C1C. The van der Waals surface area contributed by atoms with Crippen LogP contribution in [0.4, 0.5) is 4.53 Å². The lowest BCUT2D eigenvalue weighted by atomic mass is 9.85. The molecule has 3 N–H and O–H groups in total. The van der Waals surface area contributed by atoms with E-state index in [2.05, 4.69) is 10.3 Å².